The SMILES string of the molecule is CCOP(=O)(OCC)On1ccccc1=O. The molecule has 0 aliphatic heterocycles. The van der Waals surface area contributed by atoms with Gasteiger partial charge in [0.25, 0.3) is 5.56 Å². The van der Waals surface area contributed by atoms with Crippen molar-refractivity contribution in [1.82, 2.24) is 4.73 Å². The Bertz CT molecular complexity index is 420. The van der Waals surface area contributed by atoms with E-state index in [1.807, 2.05) is 0 Å². The molecule has 0 amide bonds. The average Bonchev–Trinajstić information content (AvgIpc) is 2.22. The van der Waals surface area contributed by atoms with Crippen LogP contribution in [0, 0.1) is 0 Å². The van der Waals surface area contributed by atoms with Crippen LogP contribution in [0.1, 0.15) is 13.8 Å². The Morgan fingerprint density at radius 2 is 1.88 bits per heavy atom. The van der Waals surface area contributed by atoms with Crippen LogP contribution in [0.25, 0.3) is 0 Å². The van der Waals surface area contributed by atoms with Crippen molar-refractivity contribution in [2.75, 3.05) is 13.2 Å². The van der Waals surface area contributed by atoms with Gasteiger partial charge in [0.1, 0.15) is 0 Å². The molecule has 90 valence electrons. The van der Waals surface area contributed by atoms with E-state index >= 15 is 0 Å². The molecule has 0 saturated heterocycles. The molecule has 0 aromatic carbocycles. The number of hydrogen-bond donors (Lipinski definition) is 0. The van der Waals surface area contributed by atoms with Crippen LogP contribution in [0.15, 0.2) is 29.2 Å². The molecule has 0 spiro atoms. The maximum atomic E-state index is 11.9. The lowest BCUT2D eigenvalue weighted by Crippen LogP contribution is -2.25. The molecule has 1 rings (SSSR count). The number of pyridine rings is 1. The lowest BCUT2D eigenvalue weighted by molar-refractivity contribution is 0.108. The molecule has 0 bridgehead atoms. The molecule has 0 radical (unpaired) electrons. The Labute approximate surface area is 93.3 Å². The monoisotopic (exact) mass is 247 g/mol. The zero-order chi connectivity index (χ0) is 12.0. The molecule has 0 N–H and O–H groups in total. The van der Waals surface area contributed by atoms with Crippen molar-refractivity contribution in [3.63, 3.8) is 0 Å². The molecule has 0 fully saturated rings. The molecule has 1 aromatic rings. The standard InChI is InChI=1S/C9H14NO5P/c1-3-13-16(12,14-4-2)15-10-8-6-5-7-9(10)11/h5-8H,3-4H2,1-2H3. The first-order valence-corrected chi connectivity index (χ1v) is 6.34. The van der Waals surface area contributed by atoms with Crippen molar-refractivity contribution >= 4 is 7.82 Å². The van der Waals surface area contributed by atoms with Gasteiger partial charge in [0, 0.05) is 12.3 Å². The van der Waals surface area contributed by atoms with Gasteiger partial charge in [-0.2, -0.15) is 0 Å². The molecule has 7 heteroatoms. The summed E-state index contributed by atoms with van der Waals surface area (Å²) >= 11 is 0. The predicted molar refractivity (Wildman–Crippen MR) is 58.1 cm³/mol. The van der Waals surface area contributed by atoms with Crippen molar-refractivity contribution in [3.05, 3.63) is 34.7 Å². The van der Waals surface area contributed by atoms with Gasteiger partial charge >= 0.3 is 7.82 Å². The summed E-state index contributed by atoms with van der Waals surface area (Å²) in [5.74, 6) is 0. The Hall–Kier alpha value is -1.10. The zero-order valence-corrected chi connectivity index (χ0v) is 10.1. The van der Waals surface area contributed by atoms with Crippen molar-refractivity contribution in [2.45, 2.75) is 13.8 Å². The largest absolute Gasteiger partial charge is 0.549 e. The highest BCUT2D eigenvalue weighted by Gasteiger charge is 2.28. The van der Waals surface area contributed by atoms with E-state index in [9.17, 15) is 9.36 Å². The summed E-state index contributed by atoms with van der Waals surface area (Å²) in [5, 5.41) is 0. The molecule has 1 heterocycles. The van der Waals surface area contributed by atoms with Crippen LogP contribution < -0.4 is 10.2 Å². The fourth-order valence-electron chi connectivity index (χ4n) is 0.988. The molecule has 0 aliphatic rings. The lowest BCUT2D eigenvalue weighted by atomic mass is 10.5. The van der Waals surface area contributed by atoms with E-state index in [0.29, 0.717) is 0 Å². The highest BCUT2D eigenvalue weighted by atomic mass is 31.2. The molecule has 0 aliphatic carbocycles. The molecule has 16 heavy (non-hydrogen) atoms. The van der Waals surface area contributed by atoms with Gasteiger partial charge in [-0.05, 0) is 19.9 Å². The van der Waals surface area contributed by atoms with Gasteiger partial charge in [-0.3, -0.25) is 13.8 Å². The first-order valence-electron chi connectivity index (χ1n) is 4.88. The molecule has 0 atom stereocenters. The van der Waals surface area contributed by atoms with Crippen LogP contribution in [-0.2, 0) is 13.6 Å². The van der Waals surface area contributed by atoms with Crippen LogP contribution in [-0.4, -0.2) is 17.9 Å². The van der Waals surface area contributed by atoms with E-state index in [1.54, 1.807) is 26.0 Å². The highest BCUT2D eigenvalue weighted by Crippen LogP contribution is 2.45. The number of rotatable bonds is 6. The van der Waals surface area contributed by atoms with Crippen LogP contribution in [0.4, 0.5) is 0 Å². The van der Waals surface area contributed by atoms with Crippen molar-refractivity contribution < 1.29 is 18.2 Å². The first-order chi connectivity index (χ1) is 7.61. The van der Waals surface area contributed by atoms with Gasteiger partial charge in [-0.25, -0.2) is 4.57 Å². The topological polar surface area (TPSA) is 66.8 Å². The second-order valence-electron chi connectivity index (χ2n) is 2.73. The van der Waals surface area contributed by atoms with Crippen molar-refractivity contribution in [3.8, 4) is 0 Å². The fourth-order valence-corrected chi connectivity index (χ4v) is 2.14. The zero-order valence-electron chi connectivity index (χ0n) is 9.16. The summed E-state index contributed by atoms with van der Waals surface area (Å²) in [6.45, 7) is 3.64. The van der Waals surface area contributed by atoms with Crippen LogP contribution in [0.2, 0.25) is 0 Å². The van der Waals surface area contributed by atoms with Crippen molar-refractivity contribution in [2.24, 2.45) is 0 Å². The molecule has 6 nitrogen and oxygen atoms in total. The molecule has 0 saturated carbocycles. The quantitative estimate of drug-likeness (QED) is 0.712. The molecule has 1 aromatic heterocycles. The second-order valence-corrected chi connectivity index (χ2v) is 4.30. The van der Waals surface area contributed by atoms with Crippen molar-refractivity contribution in [1.29, 1.82) is 0 Å². The predicted octanol–water partition coefficient (Wildman–Crippen LogP) is 1.46. The van der Waals surface area contributed by atoms with Crippen LogP contribution in [0.5, 0.6) is 0 Å². The van der Waals surface area contributed by atoms with Gasteiger partial charge < -0.3 is 4.62 Å². The van der Waals surface area contributed by atoms with Gasteiger partial charge in [-0.1, -0.05) is 6.07 Å². The third-order valence-corrected chi connectivity index (χ3v) is 3.08. The minimum Gasteiger partial charge on any atom is -0.308 e. The normalized spacial score (nSPS) is 11.4. The Kier molecular flexibility index (Phi) is 4.73. The third-order valence-electron chi connectivity index (χ3n) is 1.55. The summed E-state index contributed by atoms with van der Waals surface area (Å²) in [5.41, 5.74) is -0.442. The average molecular weight is 247 g/mol. The van der Waals surface area contributed by atoms with Gasteiger partial charge in [0.05, 0.1) is 13.2 Å². The lowest BCUT2D eigenvalue weighted by Gasteiger charge is -2.16. The van der Waals surface area contributed by atoms with Gasteiger partial charge in [0.2, 0.25) is 0 Å². The van der Waals surface area contributed by atoms with E-state index in [4.69, 9.17) is 13.7 Å². The summed E-state index contributed by atoms with van der Waals surface area (Å²) in [6.07, 6.45) is 1.34. The fraction of sp³-hybridized carbons (Fsp3) is 0.444. The maximum absolute atomic E-state index is 11.9. The maximum Gasteiger partial charge on any atom is 0.549 e. The van der Waals surface area contributed by atoms with Crippen LogP contribution in [0.3, 0.4) is 0 Å². The summed E-state index contributed by atoms with van der Waals surface area (Å²) < 4.78 is 27.4. The summed E-state index contributed by atoms with van der Waals surface area (Å²) in [7, 11) is -3.71. The van der Waals surface area contributed by atoms with E-state index < -0.39 is 13.4 Å². The Morgan fingerprint density at radius 3 is 2.38 bits per heavy atom. The number of nitrogens with zero attached hydrogens (tertiary/aromatic N) is 1. The summed E-state index contributed by atoms with van der Waals surface area (Å²) in [6, 6.07) is 4.40. The Balaban J connectivity index is 2.88. The minimum atomic E-state index is -3.71. The number of phosphoric acid groups is 1. The molecular formula is C9H14NO5P. The number of hydrogen-bond acceptors (Lipinski definition) is 5. The molecular weight excluding hydrogens is 233 g/mol. The smallest absolute Gasteiger partial charge is 0.308 e. The van der Waals surface area contributed by atoms with E-state index in [2.05, 4.69) is 0 Å². The second kappa shape index (κ2) is 5.84. The van der Waals surface area contributed by atoms with Gasteiger partial charge in [-0.15, -0.1) is 4.73 Å². The Morgan fingerprint density at radius 1 is 1.25 bits per heavy atom. The first kappa shape index (κ1) is 13.0. The highest BCUT2D eigenvalue weighted by molar-refractivity contribution is 7.48. The molecule has 0 unspecified atom stereocenters. The number of aromatic nitrogens is 1. The number of phosphoric ester groups is 1. The van der Waals surface area contributed by atoms with Gasteiger partial charge in [0.15, 0.2) is 0 Å². The van der Waals surface area contributed by atoms with E-state index in [1.165, 1.54) is 12.3 Å². The van der Waals surface area contributed by atoms with E-state index in [0.717, 1.165) is 4.73 Å². The minimum absolute atomic E-state index is 0.166. The van der Waals surface area contributed by atoms with E-state index in [-0.39, 0.29) is 13.2 Å². The summed E-state index contributed by atoms with van der Waals surface area (Å²) in [4.78, 5) is 11.3. The third kappa shape index (κ3) is 3.48. The van der Waals surface area contributed by atoms with Crippen LogP contribution >= 0.6 is 7.82 Å².